The van der Waals surface area contributed by atoms with Crippen LogP contribution in [0, 0.1) is 11.7 Å². The van der Waals surface area contributed by atoms with Crippen LogP contribution in [-0.4, -0.2) is 24.2 Å². The van der Waals surface area contributed by atoms with Crippen molar-refractivity contribution >= 4 is 15.8 Å². The fourth-order valence-corrected chi connectivity index (χ4v) is 4.60. The molecular formula is C12H13FO4S. The monoisotopic (exact) mass is 272 g/mol. The van der Waals surface area contributed by atoms with Gasteiger partial charge in [0.25, 0.3) is 0 Å². The quantitative estimate of drug-likeness (QED) is 0.852. The fraction of sp³-hybridized carbons (Fsp3) is 0.417. The Balaban J connectivity index is 2.48. The summed E-state index contributed by atoms with van der Waals surface area (Å²) >= 11 is 0. The lowest BCUT2D eigenvalue weighted by molar-refractivity contribution is -0.143. The lowest BCUT2D eigenvalue weighted by atomic mass is 9.75. The van der Waals surface area contributed by atoms with E-state index in [4.69, 9.17) is 0 Å². The number of carboxylic acid groups (broad SMARTS) is 1. The first kappa shape index (κ1) is 13.0. The highest BCUT2D eigenvalue weighted by molar-refractivity contribution is 7.93. The Morgan fingerprint density at radius 3 is 2.22 bits per heavy atom. The minimum atomic E-state index is -3.98. The first-order chi connectivity index (χ1) is 8.29. The highest BCUT2D eigenvalue weighted by Crippen LogP contribution is 2.46. The molecule has 0 radical (unpaired) electrons. The topological polar surface area (TPSA) is 71.4 Å². The first-order valence-corrected chi connectivity index (χ1v) is 7.01. The number of aliphatic carboxylic acids is 1. The third-order valence-corrected chi connectivity index (χ3v) is 5.81. The van der Waals surface area contributed by atoms with Gasteiger partial charge in [-0.2, -0.15) is 0 Å². The van der Waals surface area contributed by atoms with Gasteiger partial charge in [0.1, 0.15) is 5.82 Å². The Morgan fingerprint density at radius 1 is 1.33 bits per heavy atom. The lowest BCUT2D eigenvalue weighted by Gasteiger charge is -2.41. The molecular weight excluding hydrogens is 259 g/mol. The average molecular weight is 272 g/mol. The molecule has 0 saturated heterocycles. The van der Waals surface area contributed by atoms with Crippen molar-refractivity contribution in [3.8, 4) is 0 Å². The molecule has 0 atom stereocenters. The highest BCUT2D eigenvalue weighted by Gasteiger charge is 2.59. The molecule has 2 rings (SSSR count). The third kappa shape index (κ3) is 1.71. The summed E-state index contributed by atoms with van der Waals surface area (Å²) in [5.41, 5.74) is 0. The maximum atomic E-state index is 12.8. The van der Waals surface area contributed by atoms with Gasteiger partial charge in [-0.3, -0.25) is 4.79 Å². The largest absolute Gasteiger partial charge is 0.480 e. The molecule has 18 heavy (non-hydrogen) atoms. The zero-order valence-corrected chi connectivity index (χ0v) is 10.6. The van der Waals surface area contributed by atoms with E-state index in [0.29, 0.717) is 0 Å². The zero-order chi connectivity index (χ0) is 13.6. The number of sulfone groups is 1. The predicted molar refractivity (Wildman–Crippen MR) is 62.4 cm³/mol. The fourth-order valence-electron chi connectivity index (χ4n) is 2.41. The Hall–Kier alpha value is -1.43. The summed E-state index contributed by atoms with van der Waals surface area (Å²) in [7, 11) is -3.98. The van der Waals surface area contributed by atoms with E-state index in [1.165, 1.54) is 0 Å². The van der Waals surface area contributed by atoms with E-state index in [1.54, 1.807) is 6.92 Å². The van der Waals surface area contributed by atoms with E-state index >= 15 is 0 Å². The summed E-state index contributed by atoms with van der Waals surface area (Å²) in [5.74, 6) is -1.82. The van der Waals surface area contributed by atoms with Crippen molar-refractivity contribution in [1.82, 2.24) is 0 Å². The molecule has 1 N–H and O–H groups in total. The third-order valence-electron chi connectivity index (χ3n) is 3.38. The van der Waals surface area contributed by atoms with Crippen molar-refractivity contribution in [2.24, 2.45) is 5.92 Å². The molecule has 1 aromatic rings. The minimum absolute atomic E-state index is 0.0660. The van der Waals surface area contributed by atoms with Gasteiger partial charge in [0, 0.05) is 0 Å². The molecule has 1 aliphatic carbocycles. The molecule has 4 nitrogen and oxygen atoms in total. The van der Waals surface area contributed by atoms with Crippen molar-refractivity contribution in [2.75, 3.05) is 0 Å². The molecule has 0 heterocycles. The molecule has 1 aliphatic rings. The van der Waals surface area contributed by atoms with Crippen LogP contribution in [0.25, 0.3) is 0 Å². The smallest absolute Gasteiger partial charge is 0.325 e. The van der Waals surface area contributed by atoms with Crippen molar-refractivity contribution < 1.29 is 22.7 Å². The molecule has 0 aromatic heterocycles. The summed E-state index contributed by atoms with van der Waals surface area (Å²) in [6.07, 6.45) is 0.198. The molecule has 1 saturated carbocycles. The van der Waals surface area contributed by atoms with E-state index in [2.05, 4.69) is 0 Å². The van der Waals surface area contributed by atoms with Crippen LogP contribution in [0.15, 0.2) is 29.2 Å². The molecule has 0 unspecified atom stereocenters. The van der Waals surface area contributed by atoms with Crippen LogP contribution in [-0.2, 0) is 14.6 Å². The molecule has 0 amide bonds. The van der Waals surface area contributed by atoms with E-state index < -0.39 is 26.4 Å². The van der Waals surface area contributed by atoms with Gasteiger partial charge >= 0.3 is 5.97 Å². The normalized spacial score (nSPS) is 27.6. The first-order valence-electron chi connectivity index (χ1n) is 5.53. The van der Waals surface area contributed by atoms with E-state index in [9.17, 15) is 22.7 Å². The molecule has 0 bridgehead atoms. The molecule has 98 valence electrons. The second-order valence-corrected chi connectivity index (χ2v) is 7.03. The molecule has 0 spiro atoms. The van der Waals surface area contributed by atoms with Crippen LogP contribution in [0.5, 0.6) is 0 Å². The molecule has 0 aliphatic heterocycles. The maximum Gasteiger partial charge on any atom is 0.325 e. The van der Waals surface area contributed by atoms with Gasteiger partial charge in [-0.1, -0.05) is 6.92 Å². The average Bonchev–Trinajstić information content (AvgIpc) is 2.24. The van der Waals surface area contributed by atoms with Crippen LogP contribution in [0.4, 0.5) is 4.39 Å². The highest BCUT2D eigenvalue weighted by atomic mass is 32.2. The van der Waals surface area contributed by atoms with Gasteiger partial charge in [0.15, 0.2) is 14.6 Å². The number of hydrogen-bond acceptors (Lipinski definition) is 3. The van der Waals surface area contributed by atoms with Crippen LogP contribution in [0.2, 0.25) is 0 Å². The van der Waals surface area contributed by atoms with Crippen molar-refractivity contribution in [1.29, 1.82) is 0 Å². The number of carbonyl (C=O) groups is 1. The molecule has 1 fully saturated rings. The second kappa shape index (κ2) is 4.05. The van der Waals surface area contributed by atoms with Crippen LogP contribution in [0.1, 0.15) is 19.8 Å². The molecule has 1 aromatic carbocycles. The summed E-state index contributed by atoms with van der Waals surface area (Å²) in [4.78, 5) is 11.1. The Kier molecular flexibility index (Phi) is 2.93. The summed E-state index contributed by atoms with van der Waals surface area (Å²) in [6, 6.07) is 4.26. The summed E-state index contributed by atoms with van der Waals surface area (Å²) < 4.78 is 35.7. The number of benzene rings is 1. The van der Waals surface area contributed by atoms with Gasteiger partial charge in [0.05, 0.1) is 4.90 Å². The van der Waals surface area contributed by atoms with E-state index in [1.807, 2.05) is 0 Å². The predicted octanol–water partition coefficient (Wildman–Crippen LogP) is 1.85. The van der Waals surface area contributed by atoms with E-state index in [0.717, 1.165) is 24.3 Å². The standard InChI is InChI=1S/C12H13FO4S/c1-8-6-12(7-8,11(14)15)18(16,17)10-4-2-9(13)3-5-10/h2-5,8H,6-7H2,1H3,(H,14,15). The number of hydrogen-bond donors (Lipinski definition) is 1. The van der Waals surface area contributed by atoms with Crippen molar-refractivity contribution in [3.05, 3.63) is 30.1 Å². The second-order valence-electron chi connectivity index (χ2n) is 4.77. The number of carboxylic acids is 1. The van der Waals surface area contributed by atoms with Crippen LogP contribution >= 0.6 is 0 Å². The van der Waals surface area contributed by atoms with Gasteiger partial charge in [-0.25, -0.2) is 12.8 Å². The van der Waals surface area contributed by atoms with Crippen molar-refractivity contribution in [2.45, 2.75) is 29.4 Å². The Morgan fingerprint density at radius 2 is 1.83 bits per heavy atom. The number of halogens is 1. The summed E-state index contributed by atoms with van der Waals surface area (Å²) in [6.45, 7) is 1.81. The SMILES string of the molecule is CC1CC(C(=O)O)(S(=O)(=O)c2ccc(F)cc2)C1. The molecule has 6 heteroatoms. The lowest BCUT2D eigenvalue weighted by Crippen LogP contribution is -2.55. The summed E-state index contributed by atoms with van der Waals surface area (Å²) in [5, 5.41) is 9.20. The maximum absolute atomic E-state index is 12.8. The number of rotatable bonds is 3. The van der Waals surface area contributed by atoms with Gasteiger partial charge in [-0.05, 0) is 43.0 Å². The van der Waals surface area contributed by atoms with Crippen molar-refractivity contribution in [3.63, 3.8) is 0 Å². The van der Waals surface area contributed by atoms with E-state index in [-0.39, 0.29) is 23.7 Å². The minimum Gasteiger partial charge on any atom is -0.480 e. The Bertz CT molecular complexity index is 571. The van der Waals surface area contributed by atoms with Crippen LogP contribution in [0.3, 0.4) is 0 Å². The van der Waals surface area contributed by atoms with Gasteiger partial charge < -0.3 is 5.11 Å². The Labute approximate surface area is 104 Å². The zero-order valence-electron chi connectivity index (χ0n) is 9.76. The van der Waals surface area contributed by atoms with Gasteiger partial charge in [0.2, 0.25) is 0 Å². The van der Waals surface area contributed by atoms with Gasteiger partial charge in [-0.15, -0.1) is 0 Å². The van der Waals surface area contributed by atoms with Crippen LogP contribution < -0.4 is 0 Å².